The zero-order chi connectivity index (χ0) is 16.2. The summed E-state index contributed by atoms with van der Waals surface area (Å²) in [5, 5.41) is 11.5. The number of hydrogen-bond donors (Lipinski definition) is 5. The van der Waals surface area contributed by atoms with Crippen LogP contribution < -0.4 is 21.3 Å². The number of sulfonamides is 1. The van der Waals surface area contributed by atoms with Crippen LogP contribution in [-0.4, -0.2) is 36.6 Å². The van der Waals surface area contributed by atoms with Crippen molar-refractivity contribution in [2.45, 2.75) is 4.90 Å². The Bertz CT molecular complexity index is 801. The standard InChI is InChI=1S/C12H15N5O4S/c13-10-7-14-12(17-11(10)19)16-8-1-3-9(4-2-8)22(20,21)15-5-6-18/h1-4,7,15,18H,5-6,13H2,(H2,14,16,17,19). The van der Waals surface area contributed by atoms with Crippen molar-refractivity contribution in [1.82, 2.24) is 14.7 Å². The van der Waals surface area contributed by atoms with Gasteiger partial charge in [0.25, 0.3) is 5.56 Å². The quantitative estimate of drug-likeness (QED) is 0.474. The minimum atomic E-state index is -3.65. The Balaban J connectivity index is 2.15. The number of nitrogens with one attached hydrogen (secondary N) is 3. The number of nitrogens with two attached hydrogens (primary N) is 1. The minimum absolute atomic E-state index is 0.00180. The first-order valence-corrected chi connectivity index (χ1v) is 7.73. The molecular weight excluding hydrogens is 310 g/mol. The summed E-state index contributed by atoms with van der Waals surface area (Å²) in [5.41, 5.74) is 5.43. The molecule has 0 aliphatic rings. The van der Waals surface area contributed by atoms with Gasteiger partial charge in [-0.3, -0.25) is 9.78 Å². The van der Waals surface area contributed by atoms with Crippen molar-refractivity contribution in [1.29, 1.82) is 0 Å². The number of benzene rings is 1. The summed E-state index contributed by atoms with van der Waals surface area (Å²) in [6.45, 7) is -0.339. The van der Waals surface area contributed by atoms with E-state index in [-0.39, 0.29) is 29.7 Å². The topological polar surface area (TPSA) is 150 Å². The molecule has 2 aromatic rings. The average Bonchev–Trinajstić information content (AvgIpc) is 2.50. The van der Waals surface area contributed by atoms with E-state index in [0.717, 1.165) is 0 Å². The Hall–Kier alpha value is -2.43. The fourth-order valence-electron chi connectivity index (χ4n) is 1.59. The number of aliphatic hydroxyl groups excluding tert-OH is 1. The summed E-state index contributed by atoms with van der Waals surface area (Å²) >= 11 is 0. The van der Waals surface area contributed by atoms with Crippen molar-refractivity contribution in [2.75, 3.05) is 24.2 Å². The summed E-state index contributed by atoms with van der Waals surface area (Å²) in [7, 11) is -3.65. The summed E-state index contributed by atoms with van der Waals surface area (Å²) in [6.07, 6.45) is 1.22. The summed E-state index contributed by atoms with van der Waals surface area (Å²) < 4.78 is 25.9. The molecule has 0 fully saturated rings. The van der Waals surface area contributed by atoms with E-state index in [4.69, 9.17) is 10.8 Å². The van der Waals surface area contributed by atoms with Crippen LogP contribution in [-0.2, 0) is 10.0 Å². The number of aromatic nitrogens is 2. The predicted molar refractivity (Wildman–Crippen MR) is 81.3 cm³/mol. The number of rotatable bonds is 6. The normalized spacial score (nSPS) is 11.3. The third kappa shape index (κ3) is 3.81. The van der Waals surface area contributed by atoms with Crippen molar-refractivity contribution in [2.24, 2.45) is 0 Å². The molecule has 22 heavy (non-hydrogen) atoms. The predicted octanol–water partition coefficient (Wildman–Crippen LogP) is -0.634. The molecule has 2 rings (SSSR count). The van der Waals surface area contributed by atoms with Gasteiger partial charge in [0.1, 0.15) is 5.69 Å². The maximum Gasteiger partial charge on any atom is 0.275 e. The SMILES string of the molecule is Nc1cnc(Nc2ccc(S(=O)(=O)NCCO)cc2)[nH]c1=O. The lowest BCUT2D eigenvalue weighted by atomic mass is 10.3. The maximum absolute atomic E-state index is 11.8. The fourth-order valence-corrected chi connectivity index (χ4v) is 2.61. The zero-order valence-electron chi connectivity index (χ0n) is 11.4. The van der Waals surface area contributed by atoms with E-state index in [9.17, 15) is 13.2 Å². The van der Waals surface area contributed by atoms with Crippen LogP contribution in [0.4, 0.5) is 17.3 Å². The lowest BCUT2D eigenvalue weighted by Gasteiger charge is -2.08. The number of aliphatic hydroxyl groups is 1. The Morgan fingerprint density at radius 2 is 1.95 bits per heavy atom. The van der Waals surface area contributed by atoms with Gasteiger partial charge in [-0.25, -0.2) is 18.1 Å². The van der Waals surface area contributed by atoms with E-state index >= 15 is 0 Å². The highest BCUT2D eigenvalue weighted by Gasteiger charge is 2.12. The molecule has 0 unspecified atom stereocenters. The van der Waals surface area contributed by atoms with Crippen molar-refractivity contribution in [3.63, 3.8) is 0 Å². The lowest BCUT2D eigenvalue weighted by molar-refractivity contribution is 0.301. The smallest absolute Gasteiger partial charge is 0.275 e. The number of hydrogen-bond acceptors (Lipinski definition) is 7. The lowest BCUT2D eigenvalue weighted by Crippen LogP contribution is -2.26. The van der Waals surface area contributed by atoms with E-state index in [1.54, 1.807) is 0 Å². The minimum Gasteiger partial charge on any atom is -0.395 e. The van der Waals surface area contributed by atoms with Gasteiger partial charge in [-0.05, 0) is 24.3 Å². The van der Waals surface area contributed by atoms with Gasteiger partial charge in [0.15, 0.2) is 0 Å². The second-order valence-corrected chi connectivity index (χ2v) is 6.05. The Morgan fingerprint density at radius 1 is 1.27 bits per heavy atom. The molecule has 0 amide bonds. The fraction of sp³-hybridized carbons (Fsp3) is 0.167. The Kier molecular flexibility index (Phi) is 4.75. The molecule has 9 nitrogen and oxygen atoms in total. The second-order valence-electron chi connectivity index (χ2n) is 4.29. The first kappa shape index (κ1) is 15.9. The van der Waals surface area contributed by atoms with Gasteiger partial charge in [0, 0.05) is 12.2 Å². The highest BCUT2D eigenvalue weighted by molar-refractivity contribution is 7.89. The Labute approximate surface area is 126 Å². The third-order valence-corrected chi connectivity index (χ3v) is 4.14. The first-order chi connectivity index (χ1) is 10.4. The van der Waals surface area contributed by atoms with Crippen LogP contribution in [0.5, 0.6) is 0 Å². The third-order valence-electron chi connectivity index (χ3n) is 2.66. The van der Waals surface area contributed by atoms with Crippen LogP contribution in [0.25, 0.3) is 0 Å². The first-order valence-electron chi connectivity index (χ1n) is 6.25. The average molecular weight is 325 g/mol. The van der Waals surface area contributed by atoms with Crippen molar-refractivity contribution >= 4 is 27.3 Å². The molecule has 0 saturated carbocycles. The van der Waals surface area contributed by atoms with Gasteiger partial charge < -0.3 is 16.2 Å². The summed E-state index contributed by atoms with van der Waals surface area (Å²) in [4.78, 5) is 17.7. The molecule has 0 aliphatic carbocycles. The van der Waals surface area contributed by atoms with Crippen LogP contribution in [0.1, 0.15) is 0 Å². The van der Waals surface area contributed by atoms with Gasteiger partial charge in [-0.2, -0.15) is 0 Å². The van der Waals surface area contributed by atoms with Gasteiger partial charge in [0.05, 0.1) is 17.7 Å². The largest absolute Gasteiger partial charge is 0.395 e. The van der Waals surface area contributed by atoms with E-state index in [0.29, 0.717) is 5.69 Å². The number of H-pyrrole nitrogens is 1. The number of nitrogens with zero attached hydrogens (tertiary/aromatic N) is 1. The van der Waals surface area contributed by atoms with Crippen LogP contribution in [0.3, 0.4) is 0 Å². The zero-order valence-corrected chi connectivity index (χ0v) is 12.2. The molecule has 0 spiro atoms. The van der Waals surface area contributed by atoms with Crippen molar-refractivity contribution < 1.29 is 13.5 Å². The van der Waals surface area contributed by atoms with E-state index < -0.39 is 15.6 Å². The molecule has 10 heteroatoms. The molecule has 1 aromatic carbocycles. The van der Waals surface area contributed by atoms with Crippen LogP contribution in [0.2, 0.25) is 0 Å². The molecule has 1 aromatic heterocycles. The van der Waals surface area contributed by atoms with Crippen LogP contribution >= 0.6 is 0 Å². The molecule has 0 aliphatic heterocycles. The molecule has 0 bridgehead atoms. The molecule has 0 saturated heterocycles. The molecule has 118 valence electrons. The van der Waals surface area contributed by atoms with E-state index in [1.807, 2.05) is 0 Å². The van der Waals surface area contributed by atoms with Gasteiger partial charge in [-0.1, -0.05) is 0 Å². The molecule has 0 atom stereocenters. The van der Waals surface area contributed by atoms with Crippen LogP contribution in [0.15, 0.2) is 40.2 Å². The monoisotopic (exact) mass is 325 g/mol. The van der Waals surface area contributed by atoms with E-state index in [1.165, 1.54) is 30.5 Å². The molecule has 0 radical (unpaired) electrons. The van der Waals surface area contributed by atoms with Gasteiger partial charge in [0.2, 0.25) is 16.0 Å². The summed E-state index contributed by atoms with van der Waals surface area (Å²) in [5.74, 6) is 0.188. The number of anilines is 3. The van der Waals surface area contributed by atoms with Gasteiger partial charge in [-0.15, -0.1) is 0 Å². The van der Waals surface area contributed by atoms with Crippen molar-refractivity contribution in [3.05, 3.63) is 40.8 Å². The van der Waals surface area contributed by atoms with E-state index in [2.05, 4.69) is 20.0 Å². The Morgan fingerprint density at radius 3 is 2.55 bits per heavy atom. The number of nitrogen functional groups attached to an aromatic ring is 1. The second kappa shape index (κ2) is 6.56. The highest BCUT2D eigenvalue weighted by atomic mass is 32.2. The summed E-state index contributed by atoms with van der Waals surface area (Å²) in [6, 6.07) is 5.81. The number of aromatic amines is 1. The molecule has 6 N–H and O–H groups in total. The van der Waals surface area contributed by atoms with Crippen molar-refractivity contribution in [3.8, 4) is 0 Å². The molecule has 1 heterocycles. The maximum atomic E-state index is 11.8. The molecular formula is C12H15N5O4S. The van der Waals surface area contributed by atoms with Gasteiger partial charge >= 0.3 is 0 Å². The van der Waals surface area contributed by atoms with Crippen LogP contribution in [0, 0.1) is 0 Å². The highest BCUT2D eigenvalue weighted by Crippen LogP contribution is 2.16.